The summed E-state index contributed by atoms with van der Waals surface area (Å²) in [7, 11) is 0. The summed E-state index contributed by atoms with van der Waals surface area (Å²) in [6.07, 6.45) is 5.04. The number of hydrogen-bond acceptors (Lipinski definition) is 3. The van der Waals surface area contributed by atoms with Gasteiger partial charge in [-0.15, -0.1) is 24.0 Å². The predicted molar refractivity (Wildman–Crippen MR) is 109 cm³/mol. The van der Waals surface area contributed by atoms with Crippen molar-refractivity contribution in [1.29, 1.82) is 0 Å². The third kappa shape index (κ3) is 4.20. The summed E-state index contributed by atoms with van der Waals surface area (Å²) >= 11 is 0. The Morgan fingerprint density at radius 2 is 1.83 bits per heavy atom. The highest BCUT2D eigenvalue weighted by Gasteiger charge is 2.38. The first-order chi connectivity index (χ1) is 10.5. The monoisotopic (exact) mass is 427 g/mol. The molecule has 0 amide bonds. The second-order valence-electron chi connectivity index (χ2n) is 7.83. The lowest BCUT2D eigenvalue weighted by Gasteiger charge is -2.43. The van der Waals surface area contributed by atoms with Gasteiger partial charge in [0.25, 0.3) is 0 Å². The molecule has 128 valence electrons. The number of benzene rings is 1. The van der Waals surface area contributed by atoms with Gasteiger partial charge in [0.2, 0.25) is 0 Å². The highest BCUT2D eigenvalue weighted by Crippen LogP contribution is 2.43. The molecule has 1 fully saturated rings. The fraction of sp³-hybridized carbons (Fsp3) is 0.632. The Hall–Kier alpha value is -0.780. The van der Waals surface area contributed by atoms with Crippen LogP contribution in [0.1, 0.15) is 57.6 Å². The molecule has 1 saturated carbocycles. The molecule has 1 aromatic rings. The van der Waals surface area contributed by atoms with Crippen LogP contribution in [0.25, 0.3) is 0 Å². The molecule has 0 spiro atoms. The van der Waals surface area contributed by atoms with Gasteiger partial charge < -0.3 is 10.6 Å². The molecule has 0 bridgehead atoms. The SMILES string of the molecule is CC(C)(C)c1ccc(C2(CNC3=NCCCN3)CCC2)cc1.I. The van der Waals surface area contributed by atoms with Crippen molar-refractivity contribution in [3.63, 3.8) is 0 Å². The first-order valence-electron chi connectivity index (χ1n) is 8.63. The Morgan fingerprint density at radius 3 is 2.30 bits per heavy atom. The zero-order valence-corrected chi connectivity index (χ0v) is 16.9. The summed E-state index contributed by atoms with van der Waals surface area (Å²) < 4.78 is 0. The molecule has 1 aliphatic heterocycles. The molecule has 4 heteroatoms. The minimum absolute atomic E-state index is 0. The van der Waals surface area contributed by atoms with E-state index in [0.29, 0.717) is 5.41 Å². The quantitative estimate of drug-likeness (QED) is 0.717. The van der Waals surface area contributed by atoms with Crippen molar-refractivity contribution in [2.24, 2.45) is 4.99 Å². The van der Waals surface area contributed by atoms with Crippen molar-refractivity contribution in [2.45, 2.75) is 57.3 Å². The van der Waals surface area contributed by atoms with Gasteiger partial charge >= 0.3 is 0 Å². The van der Waals surface area contributed by atoms with E-state index in [0.717, 1.165) is 32.0 Å². The molecule has 0 saturated heterocycles. The lowest BCUT2D eigenvalue weighted by Crippen LogP contribution is -2.50. The Labute approximate surface area is 157 Å². The topological polar surface area (TPSA) is 36.4 Å². The van der Waals surface area contributed by atoms with E-state index in [-0.39, 0.29) is 29.4 Å². The second-order valence-corrected chi connectivity index (χ2v) is 7.83. The van der Waals surface area contributed by atoms with Crippen LogP contribution in [0.2, 0.25) is 0 Å². The third-order valence-electron chi connectivity index (χ3n) is 5.17. The van der Waals surface area contributed by atoms with Crippen LogP contribution in [0.4, 0.5) is 0 Å². The number of hydrogen-bond donors (Lipinski definition) is 2. The molecule has 0 aromatic heterocycles. The number of guanidine groups is 1. The lowest BCUT2D eigenvalue weighted by atomic mass is 9.64. The molecule has 3 nitrogen and oxygen atoms in total. The third-order valence-corrected chi connectivity index (χ3v) is 5.17. The summed E-state index contributed by atoms with van der Waals surface area (Å²) in [6, 6.07) is 9.31. The summed E-state index contributed by atoms with van der Waals surface area (Å²) in [5, 5.41) is 6.91. The predicted octanol–water partition coefficient (Wildman–Crippen LogP) is 3.96. The second kappa shape index (κ2) is 7.41. The average Bonchev–Trinajstić information content (AvgIpc) is 2.47. The number of halogens is 1. The highest BCUT2D eigenvalue weighted by molar-refractivity contribution is 14.0. The van der Waals surface area contributed by atoms with Crippen molar-refractivity contribution in [3.05, 3.63) is 35.4 Å². The normalized spacial score (nSPS) is 19.7. The van der Waals surface area contributed by atoms with E-state index in [1.54, 1.807) is 0 Å². The van der Waals surface area contributed by atoms with Crippen LogP contribution in [0.3, 0.4) is 0 Å². The van der Waals surface area contributed by atoms with E-state index in [4.69, 9.17) is 0 Å². The van der Waals surface area contributed by atoms with Crippen molar-refractivity contribution in [2.75, 3.05) is 19.6 Å². The molecular weight excluding hydrogens is 397 g/mol. The van der Waals surface area contributed by atoms with Crippen molar-refractivity contribution >= 4 is 29.9 Å². The molecule has 1 aliphatic carbocycles. The largest absolute Gasteiger partial charge is 0.356 e. The zero-order valence-electron chi connectivity index (χ0n) is 14.6. The van der Waals surface area contributed by atoms with Gasteiger partial charge in [-0.1, -0.05) is 51.5 Å². The molecule has 0 atom stereocenters. The lowest BCUT2D eigenvalue weighted by molar-refractivity contribution is 0.243. The minimum atomic E-state index is 0. The summed E-state index contributed by atoms with van der Waals surface area (Å²) in [5.41, 5.74) is 3.43. The first-order valence-corrected chi connectivity index (χ1v) is 8.63. The Bertz CT molecular complexity index is 539. The highest BCUT2D eigenvalue weighted by atomic mass is 127. The van der Waals surface area contributed by atoms with E-state index >= 15 is 0 Å². The van der Waals surface area contributed by atoms with Crippen molar-refractivity contribution in [3.8, 4) is 0 Å². The molecule has 0 radical (unpaired) electrons. The van der Waals surface area contributed by atoms with Gasteiger partial charge in [0.15, 0.2) is 5.96 Å². The Balaban J connectivity index is 0.00000192. The maximum atomic E-state index is 4.53. The number of nitrogens with one attached hydrogen (secondary N) is 2. The maximum absolute atomic E-state index is 4.53. The number of rotatable bonds is 3. The summed E-state index contributed by atoms with van der Waals surface area (Å²) in [6.45, 7) is 9.80. The van der Waals surface area contributed by atoms with Gasteiger partial charge in [0.1, 0.15) is 0 Å². The Morgan fingerprint density at radius 1 is 1.13 bits per heavy atom. The van der Waals surface area contributed by atoms with E-state index in [1.807, 2.05) is 0 Å². The fourth-order valence-electron chi connectivity index (χ4n) is 3.40. The van der Waals surface area contributed by atoms with Crippen molar-refractivity contribution in [1.82, 2.24) is 10.6 Å². The molecule has 1 heterocycles. The maximum Gasteiger partial charge on any atom is 0.191 e. The molecule has 1 aromatic carbocycles. The zero-order chi connectivity index (χ0) is 15.6. The van der Waals surface area contributed by atoms with Gasteiger partial charge in [-0.05, 0) is 35.8 Å². The van der Waals surface area contributed by atoms with E-state index < -0.39 is 0 Å². The van der Waals surface area contributed by atoms with E-state index in [9.17, 15) is 0 Å². The average molecular weight is 427 g/mol. The molecule has 2 N–H and O–H groups in total. The molecule has 3 rings (SSSR count). The fourth-order valence-corrected chi connectivity index (χ4v) is 3.40. The molecule has 23 heavy (non-hydrogen) atoms. The standard InChI is InChI=1S/C19H29N3.HI/c1-18(2,3)15-6-8-16(9-7-15)19(10-4-11-19)14-22-17-20-12-5-13-21-17;/h6-9H,4-5,10-14H2,1-3H3,(H2,20,21,22);1H. The van der Waals surface area contributed by atoms with Crippen LogP contribution in [0.5, 0.6) is 0 Å². The molecular formula is C19H30IN3. The van der Waals surface area contributed by atoms with Crippen LogP contribution in [-0.2, 0) is 10.8 Å². The van der Waals surface area contributed by atoms with Crippen LogP contribution >= 0.6 is 24.0 Å². The van der Waals surface area contributed by atoms with Crippen LogP contribution in [0, 0.1) is 0 Å². The van der Waals surface area contributed by atoms with Crippen molar-refractivity contribution < 1.29 is 0 Å². The first kappa shape index (κ1) is 18.6. The summed E-state index contributed by atoms with van der Waals surface area (Å²) in [4.78, 5) is 4.53. The van der Waals surface area contributed by atoms with Crippen LogP contribution in [-0.4, -0.2) is 25.6 Å². The van der Waals surface area contributed by atoms with E-state index in [2.05, 4.69) is 60.7 Å². The molecule has 2 aliphatic rings. The van der Waals surface area contributed by atoms with Gasteiger partial charge in [-0.25, -0.2) is 0 Å². The number of aliphatic imine (C=N–C) groups is 1. The van der Waals surface area contributed by atoms with Gasteiger partial charge in [0, 0.05) is 25.0 Å². The summed E-state index contributed by atoms with van der Waals surface area (Å²) in [5.74, 6) is 0.990. The van der Waals surface area contributed by atoms with Gasteiger partial charge in [0.05, 0.1) is 0 Å². The van der Waals surface area contributed by atoms with Gasteiger partial charge in [-0.3, -0.25) is 4.99 Å². The smallest absolute Gasteiger partial charge is 0.191 e. The van der Waals surface area contributed by atoms with E-state index in [1.165, 1.54) is 30.4 Å². The minimum Gasteiger partial charge on any atom is -0.356 e. The Kier molecular flexibility index (Phi) is 5.98. The van der Waals surface area contributed by atoms with Crippen LogP contribution < -0.4 is 10.6 Å². The number of nitrogens with zero attached hydrogens (tertiary/aromatic N) is 1. The van der Waals surface area contributed by atoms with Gasteiger partial charge in [-0.2, -0.15) is 0 Å². The van der Waals surface area contributed by atoms with Crippen LogP contribution in [0.15, 0.2) is 29.3 Å². The molecule has 0 unspecified atom stereocenters.